The largest absolute Gasteiger partial charge is 0.364 e. The molecule has 3 rings (SSSR count). The highest BCUT2D eigenvalue weighted by molar-refractivity contribution is 5.91. The lowest BCUT2D eigenvalue weighted by Gasteiger charge is -2.38. The molecule has 2 bridgehead atoms. The number of carbonyl (C=O) groups excluding carboxylic acids is 1. The van der Waals surface area contributed by atoms with Crippen molar-refractivity contribution < 1.29 is 4.79 Å². The van der Waals surface area contributed by atoms with Gasteiger partial charge in [-0.25, -0.2) is 4.98 Å². The Balaban J connectivity index is 1.82. The maximum atomic E-state index is 11.3. The van der Waals surface area contributed by atoms with Crippen LogP contribution in [0.15, 0.2) is 18.2 Å². The molecule has 2 saturated heterocycles. The first-order valence-corrected chi connectivity index (χ1v) is 7.47. The summed E-state index contributed by atoms with van der Waals surface area (Å²) in [6.45, 7) is 3.04. The lowest BCUT2D eigenvalue weighted by molar-refractivity contribution is 0.0995. The van der Waals surface area contributed by atoms with Crippen LogP contribution in [0.25, 0.3) is 0 Å². The molecule has 1 aromatic rings. The van der Waals surface area contributed by atoms with Gasteiger partial charge in [0.05, 0.1) is 0 Å². The van der Waals surface area contributed by atoms with Crippen LogP contribution in [0.3, 0.4) is 0 Å². The van der Waals surface area contributed by atoms with Crippen LogP contribution in [0, 0.1) is 0 Å². The van der Waals surface area contributed by atoms with Crippen molar-refractivity contribution in [3.8, 4) is 0 Å². The minimum absolute atomic E-state index is 0.345. The predicted octanol–water partition coefficient (Wildman–Crippen LogP) is 1.29. The van der Waals surface area contributed by atoms with Crippen LogP contribution in [-0.2, 0) is 0 Å². The number of hydrogen-bond donors (Lipinski definition) is 2. The zero-order valence-corrected chi connectivity index (χ0v) is 11.9. The zero-order chi connectivity index (χ0) is 14.1. The number of hydrogen-bond acceptors (Lipinski definition) is 4. The van der Waals surface area contributed by atoms with Crippen LogP contribution in [0.5, 0.6) is 0 Å². The number of nitrogens with one attached hydrogen (secondary N) is 1. The Bertz CT molecular complexity index is 492. The summed E-state index contributed by atoms with van der Waals surface area (Å²) in [5.74, 6) is 0.406. The summed E-state index contributed by atoms with van der Waals surface area (Å²) in [6.07, 6.45) is 4.89. The number of carbonyl (C=O) groups is 1. The van der Waals surface area contributed by atoms with E-state index in [1.54, 1.807) is 6.07 Å². The maximum Gasteiger partial charge on any atom is 0.267 e. The molecule has 0 aromatic carbocycles. The Hall–Kier alpha value is -1.62. The molecule has 0 radical (unpaired) electrons. The zero-order valence-electron chi connectivity index (χ0n) is 11.9. The predicted molar refractivity (Wildman–Crippen MR) is 78.7 cm³/mol. The summed E-state index contributed by atoms with van der Waals surface area (Å²) in [5, 5.41) is 3.66. The Labute approximate surface area is 119 Å². The molecule has 0 spiro atoms. The van der Waals surface area contributed by atoms with E-state index in [2.05, 4.69) is 22.1 Å². The first-order chi connectivity index (χ1) is 9.67. The van der Waals surface area contributed by atoms with Crippen LogP contribution in [0.2, 0.25) is 0 Å². The highest BCUT2D eigenvalue weighted by Crippen LogP contribution is 2.31. The number of piperidine rings is 1. The van der Waals surface area contributed by atoms with Crippen LogP contribution in [0.1, 0.15) is 43.1 Å². The minimum atomic E-state index is -0.465. The van der Waals surface area contributed by atoms with Gasteiger partial charge in [-0.3, -0.25) is 4.79 Å². The standard InChI is InChI=1S/C15H22N4O/c1-2-19(12-8-10-6-7-11(9-12)17-10)14-5-3-4-13(18-14)15(16)20/h3-5,10-12,17H,2,6-9H2,1H3,(H2,16,20). The van der Waals surface area contributed by atoms with Crippen molar-refractivity contribution in [1.82, 2.24) is 10.3 Å². The number of aromatic nitrogens is 1. The van der Waals surface area contributed by atoms with Gasteiger partial charge in [0.25, 0.3) is 5.91 Å². The van der Waals surface area contributed by atoms with Crippen molar-refractivity contribution in [2.75, 3.05) is 11.4 Å². The Morgan fingerprint density at radius 3 is 2.70 bits per heavy atom. The molecule has 1 aromatic heterocycles. The SMILES string of the molecule is CCN(c1cccc(C(N)=O)n1)C1CC2CCC(C1)N2. The molecule has 20 heavy (non-hydrogen) atoms. The van der Waals surface area contributed by atoms with Gasteiger partial charge >= 0.3 is 0 Å². The van der Waals surface area contributed by atoms with Crippen LogP contribution >= 0.6 is 0 Å². The van der Waals surface area contributed by atoms with Gasteiger partial charge in [-0.15, -0.1) is 0 Å². The van der Waals surface area contributed by atoms with Gasteiger partial charge in [0.1, 0.15) is 11.5 Å². The molecule has 2 unspecified atom stereocenters. The molecule has 0 saturated carbocycles. The highest BCUT2D eigenvalue weighted by Gasteiger charge is 2.36. The first kappa shape index (κ1) is 13.4. The number of primary amides is 1. The molecule has 1 amide bonds. The molecule has 2 atom stereocenters. The van der Waals surface area contributed by atoms with E-state index in [4.69, 9.17) is 5.73 Å². The van der Waals surface area contributed by atoms with Gasteiger partial charge < -0.3 is 16.0 Å². The number of amides is 1. The molecule has 2 aliphatic rings. The van der Waals surface area contributed by atoms with Gasteiger partial charge in [0, 0.05) is 24.7 Å². The van der Waals surface area contributed by atoms with Gasteiger partial charge in [-0.1, -0.05) is 6.07 Å². The third-order valence-corrected chi connectivity index (χ3v) is 4.51. The topological polar surface area (TPSA) is 71.2 Å². The van der Waals surface area contributed by atoms with Crippen molar-refractivity contribution >= 4 is 11.7 Å². The number of rotatable bonds is 4. The molecule has 2 fully saturated rings. The molecular formula is C15H22N4O. The number of pyridine rings is 1. The van der Waals surface area contributed by atoms with Crippen molar-refractivity contribution in [2.24, 2.45) is 5.73 Å². The van der Waals surface area contributed by atoms with Crippen LogP contribution in [0.4, 0.5) is 5.82 Å². The van der Waals surface area contributed by atoms with Crippen molar-refractivity contribution in [3.63, 3.8) is 0 Å². The summed E-state index contributed by atoms with van der Waals surface area (Å²) >= 11 is 0. The van der Waals surface area contributed by atoms with E-state index in [-0.39, 0.29) is 0 Å². The maximum absolute atomic E-state index is 11.3. The molecule has 0 aliphatic carbocycles. The van der Waals surface area contributed by atoms with E-state index in [9.17, 15) is 4.79 Å². The fourth-order valence-electron chi connectivity index (χ4n) is 3.61. The van der Waals surface area contributed by atoms with E-state index in [0.717, 1.165) is 25.2 Å². The Morgan fingerprint density at radius 1 is 1.40 bits per heavy atom. The molecule has 3 N–H and O–H groups in total. The van der Waals surface area contributed by atoms with E-state index in [1.165, 1.54) is 12.8 Å². The Kier molecular flexibility index (Phi) is 3.61. The quantitative estimate of drug-likeness (QED) is 0.868. The third kappa shape index (κ3) is 2.50. The van der Waals surface area contributed by atoms with E-state index < -0.39 is 5.91 Å². The number of nitrogens with zero attached hydrogens (tertiary/aromatic N) is 2. The second-order valence-corrected chi connectivity index (χ2v) is 5.79. The minimum Gasteiger partial charge on any atom is -0.364 e. The summed E-state index contributed by atoms with van der Waals surface area (Å²) in [5.41, 5.74) is 5.67. The lowest BCUT2D eigenvalue weighted by atomic mass is 9.98. The smallest absolute Gasteiger partial charge is 0.267 e. The molecule has 3 heterocycles. The number of nitrogens with two attached hydrogens (primary N) is 1. The number of fused-ring (bicyclic) bond motifs is 2. The lowest BCUT2D eigenvalue weighted by Crippen LogP contribution is -2.48. The molecule has 108 valence electrons. The van der Waals surface area contributed by atoms with Crippen molar-refractivity contribution in [3.05, 3.63) is 23.9 Å². The summed E-state index contributed by atoms with van der Waals surface area (Å²) in [7, 11) is 0. The van der Waals surface area contributed by atoms with Crippen molar-refractivity contribution in [2.45, 2.75) is 50.7 Å². The molecular weight excluding hydrogens is 252 g/mol. The second kappa shape index (κ2) is 5.40. The Morgan fingerprint density at radius 2 is 2.10 bits per heavy atom. The van der Waals surface area contributed by atoms with Crippen molar-refractivity contribution in [1.29, 1.82) is 0 Å². The summed E-state index contributed by atoms with van der Waals surface area (Å²) in [6, 6.07) is 7.31. The fourth-order valence-corrected chi connectivity index (χ4v) is 3.61. The molecule has 5 nitrogen and oxygen atoms in total. The van der Waals surface area contributed by atoms with Gasteiger partial charge in [-0.05, 0) is 44.7 Å². The van der Waals surface area contributed by atoms with Crippen LogP contribution in [-0.4, -0.2) is 35.6 Å². The monoisotopic (exact) mass is 274 g/mol. The van der Waals surface area contributed by atoms with E-state index in [0.29, 0.717) is 23.8 Å². The summed E-state index contributed by atoms with van der Waals surface area (Å²) in [4.78, 5) is 18.0. The average Bonchev–Trinajstić information content (AvgIpc) is 2.79. The third-order valence-electron chi connectivity index (χ3n) is 4.51. The normalized spacial score (nSPS) is 28.4. The van der Waals surface area contributed by atoms with Gasteiger partial charge in [-0.2, -0.15) is 0 Å². The van der Waals surface area contributed by atoms with Gasteiger partial charge in [0.15, 0.2) is 0 Å². The second-order valence-electron chi connectivity index (χ2n) is 5.79. The number of anilines is 1. The highest BCUT2D eigenvalue weighted by atomic mass is 16.1. The average molecular weight is 274 g/mol. The summed E-state index contributed by atoms with van der Waals surface area (Å²) < 4.78 is 0. The molecule has 5 heteroatoms. The first-order valence-electron chi connectivity index (χ1n) is 7.47. The fraction of sp³-hybridized carbons (Fsp3) is 0.600. The van der Waals surface area contributed by atoms with Crippen LogP contribution < -0.4 is 16.0 Å². The van der Waals surface area contributed by atoms with Gasteiger partial charge in [0.2, 0.25) is 0 Å². The van der Waals surface area contributed by atoms with E-state index >= 15 is 0 Å². The molecule has 2 aliphatic heterocycles. The van der Waals surface area contributed by atoms with E-state index in [1.807, 2.05) is 12.1 Å².